The first-order valence-corrected chi connectivity index (χ1v) is 15.0. The van der Waals surface area contributed by atoms with E-state index < -0.39 is 27.0 Å². The Hall–Kier alpha value is -2.99. The molecule has 2 aromatic rings. The van der Waals surface area contributed by atoms with E-state index in [1.807, 2.05) is 48.3 Å². The van der Waals surface area contributed by atoms with Gasteiger partial charge in [-0.3, -0.25) is 0 Å². The highest BCUT2D eigenvalue weighted by molar-refractivity contribution is 7.88. The van der Waals surface area contributed by atoms with Gasteiger partial charge in [0.2, 0.25) is 0 Å². The minimum absolute atomic E-state index is 0.0333. The molecular weight excluding hydrogens is 581 g/mol. The first kappa shape index (κ1) is 29.5. The highest BCUT2D eigenvalue weighted by atomic mass is 35.5. The lowest BCUT2D eigenvalue weighted by molar-refractivity contribution is -0.0706. The van der Waals surface area contributed by atoms with Gasteiger partial charge in [0, 0.05) is 54.0 Å². The second kappa shape index (κ2) is 11.4. The smallest absolute Gasteiger partial charge is 0.472 e. The van der Waals surface area contributed by atoms with Crippen LogP contribution in [0.15, 0.2) is 72.5 Å². The molecule has 3 heterocycles. The standard InChI is InChI=1S/C29H30ClF3N2O5S/c1-20-18-34(16-13-28(20,36)21-7-9-22(30)10-8-21)14-4-5-24-25-17-23(40-41(37,38)29(31,32)33)11-12-27(25)39-19-35-15-3-2-6-26(24)35/h2-3,5-12,17,20,36H,4,13-16,18-19H2,1H3. The molecule has 41 heavy (non-hydrogen) atoms. The molecule has 3 aliphatic rings. The van der Waals surface area contributed by atoms with Crippen LogP contribution >= 0.6 is 11.6 Å². The zero-order valence-corrected chi connectivity index (χ0v) is 23.8. The molecule has 3 aliphatic heterocycles. The van der Waals surface area contributed by atoms with E-state index in [1.165, 1.54) is 12.1 Å². The van der Waals surface area contributed by atoms with Crippen LogP contribution in [-0.4, -0.2) is 61.7 Å². The van der Waals surface area contributed by atoms with Crippen molar-refractivity contribution in [2.24, 2.45) is 5.92 Å². The average Bonchev–Trinajstić information content (AvgIpc) is 3.07. The number of alkyl halides is 3. The van der Waals surface area contributed by atoms with Gasteiger partial charge in [0.25, 0.3) is 0 Å². The zero-order valence-electron chi connectivity index (χ0n) is 22.3. The maximum absolute atomic E-state index is 13.0. The molecule has 0 amide bonds. The van der Waals surface area contributed by atoms with Gasteiger partial charge < -0.3 is 23.8 Å². The molecule has 12 heteroatoms. The van der Waals surface area contributed by atoms with Gasteiger partial charge >= 0.3 is 15.6 Å². The van der Waals surface area contributed by atoms with Crippen LogP contribution in [-0.2, 0) is 15.7 Å². The Morgan fingerprint density at radius 3 is 2.68 bits per heavy atom. The first-order valence-electron chi connectivity index (χ1n) is 13.2. The maximum atomic E-state index is 13.0. The van der Waals surface area contributed by atoms with Gasteiger partial charge in [-0.2, -0.15) is 21.6 Å². The number of hydrogen-bond acceptors (Lipinski definition) is 7. The van der Waals surface area contributed by atoms with Crippen LogP contribution in [0.2, 0.25) is 5.02 Å². The highest BCUT2D eigenvalue weighted by Crippen LogP contribution is 2.41. The van der Waals surface area contributed by atoms with Crippen LogP contribution in [0.3, 0.4) is 0 Å². The predicted molar refractivity (Wildman–Crippen MR) is 150 cm³/mol. The van der Waals surface area contributed by atoms with Crippen molar-refractivity contribution in [1.82, 2.24) is 9.80 Å². The summed E-state index contributed by atoms with van der Waals surface area (Å²) in [7, 11) is -5.83. The minimum Gasteiger partial charge on any atom is -0.472 e. The molecule has 0 aromatic heterocycles. The maximum Gasteiger partial charge on any atom is 0.534 e. The summed E-state index contributed by atoms with van der Waals surface area (Å²) in [6, 6.07) is 11.1. The van der Waals surface area contributed by atoms with Gasteiger partial charge in [0.1, 0.15) is 11.5 Å². The predicted octanol–water partition coefficient (Wildman–Crippen LogP) is 5.68. The van der Waals surface area contributed by atoms with E-state index in [9.17, 15) is 26.7 Å². The molecule has 0 radical (unpaired) electrons. The van der Waals surface area contributed by atoms with Crippen molar-refractivity contribution in [3.63, 3.8) is 0 Å². The third-order valence-electron chi connectivity index (χ3n) is 7.73. The van der Waals surface area contributed by atoms with Crippen molar-refractivity contribution in [1.29, 1.82) is 0 Å². The molecule has 0 aliphatic carbocycles. The number of ether oxygens (including phenoxy) is 1. The molecule has 220 valence electrons. The fourth-order valence-electron chi connectivity index (χ4n) is 5.47. The molecule has 5 rings (SSSR count). The lowest BCUT2D eigenvalue weighted by Crippen LogP contribution is -2.49. The van der Waals surface area contributed by atoms with Crippen LogP contribution in [0.1, 0.15) is 30.9 Å². The summed E-state index contributed by atoms with van der Waals surface area (Å²) in [4.78, 5) is 4.25. The van der Waals surface area contributed by atoms with E-state index in [2.05, 4.69) is 9.08 Å². The number of allylic oxidation sites excluding steroid dienone is 3. The summed E-state index contributed by atoms with van der Waals surface area (Å²) >= 11 is 6.02. The van der Waals surface area contributed by atoms with E-state index in [-0.39, 0.29) is 12.6 Å². The number of hydrogen-bond donors (Lipinski definition) is 1. The van der Waals surface area contributed by atoms with Gasteiger partial charge in [0.15, 0.2) is 6.73 Å². The fourth-order valence-corrected chi connectivity index (χ4v) is 6.05. The van der Waals surface area contributed by atoms with E-state index in [4.69, 9.17) is 16.3 Å². The summed E-state index contributed by atoms with van der Waals surface area (Å²) in [6.07, 6.45) is 8.88. The lowest BCUT2D eigenvalue weighted by Gasteiger charge is -2.43. The number of rotatable bonds is 6. The molecule has 0 spiro atoms. The van der Waals surface area contributed by atoms with E-state index in [0.29, 0.717) is 60.9 Å². The van der Waals surface area contributed by atoms with Crippen molar-refractivity contribution in [2.75, 3.05) is 32.9 Å². The van der Waals surface area contributed by atoms with Crippen LogP contribution in [0.4, 0.5) is 13.2 Å². The first-order chi connectivity index (χ1) is 19.4. The number of likely N-dealkylation sites (tertiary alicyclic amines) is 1. The largest absolute Gasteiger partial charge is 0.534 e. The normalized spacial score (nSPS) is 24.2. The van der Waals surface area contributed by atoms with Gasteiger partial charge in [0.05, 0.1) is 5.60 Å². The van der Waals surface area contributed by atoms with Crippen LogP contribution in [0.25, 0.3) is 5.57 Å². The van der Waals surface area contributed by atoms with Gasteiger partial charge in [-0.1, -0.05) is 48.9 Å². The van der Waals surface area contributed by atoms with Crippen molar-refractivity contribution in [3.05, 3.63) is 88.6 Å². The number of fused-ring (bicyclic) bond motifs is 2. The second-order valence-corrected chi connectivity index (χ2v) is 12.4. The van der Waals surface area contributed by atoms with Crippen molar-refractivity contribution in [2.45, 2.75) is 30.9 Å². The van der Waals surface area contributed by atoms with Crippen LogP contribution in [0, 0.1) is 5.92 Å². The summed E-state index contributed by atoms with van der Waals surface area (Å²) in [5, 5.41) is 12.1. The number of benzene rings is 2. The molecule has 2 unspecified atom stereocenters. The van der Waals surface area contributed by atoms with Crippen molar-refractivity contribution >= 4 is 27.3 Å². The average molecular weight is 611 g/mol. The van der Waals surface area contributed by atoms with E-state index in [1.54, 1.807) is 12.1 Å². The molecule has 1 saturated heterocycles. The Balaban J connectivity index is 1.36. The van der Waals surface area contributed by atoms with Gasteiger partial charge in [-0.15, -0.1) is 0 Å². The summed E-state index contributed by atoms with van der Waals surface area (Å²) in [6.45, 7) is 4.85. The number of aliphatic hydroxyl groups is 1. The molecule has 1 N–H and O–H groups in total. The number of nitrogens with zero attached hydrogens (tertiary/aromatic N) is 2. The number of halogens is 4. The molecule has 7 nitrogen and oxygen atoms in total. The molecule has 0 bridgehead atoms. The molecular formula is C29H30ClF3N2O5S. The van der Waals surface area contributed by atoms with Crippen LogP contribution in [0.5, 0.6) is 11.5 Å². The molecule has 0 saturated carbocycles. The zero-order chi connectivity index (χ0) is 29.4. The Bertz CT molecular complexity index is 1490. The third kappa shape index (κ3) is 6.13. The SMILES string of the molecule is CC1CN(CCC=C2C3=CC=CCN3COc3ccc(OS(=O)(=O)C(F)(F)F)cc32)CCC1(O)c1ccc(Cl)cc1. The summed E-state index contributed by atoms with van der Waals surface area (Å²) < 4.78 is 72.5. The summed E-state index contributed by atoms with van der Waals surface area (Å²) in [5.41, 5.74) is -3.70. The van der Waals surface area contributed by atoms with E-state index in [0.717, 1.165) is 17.3 Å². The number of piperidine rings is 1. The van der Waals surface area contributed by atoms with Gasteiger partial charge in [-0.25, -0.2) is 0 Å². The Morgan fingerprint density at radius 2 is 1.98 bits per heavy atom. The van der Waals surface area contributed by atoms with Gasteiger partial charge in [-0.05, 0) is 54.8 Å². The monoisotopic (exact) mass is 610 g/mol. The van der Waals surface area contributed by atoms with Crippen LogP contribution < -0.4 is 8.92 Å². The fraction of sp³-hybridized carbons (Fsp3) is 0.379. The topological polar surface area (TPSA) is 79.3 Å². The highest BCUT2D eigenvalue weighted by Gasteiger charge is 2.48. The third-order valence-corrected chi connectivity index (χ3v) is 8.96. The molecule has 2 atom stereocenters. The Morgan fingerprint density at radius 1 is 1.22 bits per heavy atom. The second-order valence-electron chi connectivity index (χ2n) is 10.4. The lowest BCUT2D eigenvalue weighted by atomic mass is 9.77. The van der Waals surface area contributed by atoms with Crippen molar-refractivity contribution < 1.29 is 35.6 Å². The Kier molecular flexibility index (Phi) is 8.17. The summed E-state index contributed by atoms with van der Waals surface area (Å²) in [5.74, 6) is -0.0840. The molecule has 1 fully saturated rings. The van der Waals surface area contributed by atoms with E-state index >= 15 is 0 Å². The minimum atomic E-state index is -5.83. The molecule has 2 aromatic carbocycles. The van der Waals surface area contributed by atoms with Crippen molar-refractivity contribution in [3.8, 4) is 11.5 Å². The quantitative estimate of drug-likeness (QED) is 0.333. The Labute approximate surface area is 242 Å².